The van der Waals surface area contributed by atoms with Crippen molar-refractivity contribution >= 4 is 17.1 Å². The van der Waals surface area contributed by atoms with Crippen LogP contribution in [0.4, 0.5) is 0 Å². The second kappa shape index (κ2) is 5.26. The Morgan fingerprint density at radius 3 is 2.40 bits per heavy atom. The SMILES string of the molecule is CC(=O)c1sc(-c2ccncc2)nc1-c1cncnc1. The van der Waals surface area contributed by atoms with Gasteiger partial charge in [0.1, 0.15) is 11.3 Å². The summed E-state index contributed by atoms with van der Waals surface area (Å²) in [5.74, 6) is -0.0124. The minimum atomic E-state index is -0.0124. The van der Waals surface area contributed by atoms with Gasteiger partial charge in [0.25, 0.3) is 0 Å². The lowest BCUT2D eigenvalue weighted by atomic mass is 10.2. The summed E-state index contributed by atoms with van der Waals surface area (Å²) in [7, 11) is 0. The molecule has 0 aliphatic carbocycles. The number of ketones is 1. The van der Waals surface area contributed by atoms with Gasteiger partial charge in [0.05, 0.1) is 10.6 Å². The summed E-state index contributed by atoms with van der Waals surface area (Å²) in [5.41, 5.74) is 2.32. The van der Waals surface area contributed by atoms with E-state index in [1.54, 1.807) is 24.8 Å². The molecular weight excluding hydrogens is 272 g/mol. The maximum atomic E-state index is 11.8. The molecule has 3 aromatic heterocycles. The first-order chi connectivity index (χ1) is 9.75. The van der Waals surface area contributed by atoms with Crippen LogP contribution in [0.2, 0.25) is 0 Å². The van der Waals surface area contributed by atoms with E-state index in [0.717, 1.165) is 16.1 Å². The molecule has 0 unspecified atom stereocenters. The molecule has 0 fully saturated rings. The van der Waals surface area contributed by atoms with Crippen molar-refractivity contribution in [2.75, 3.05) is 0 Å². The largest absolute Gasteiger partial charge is 0.294 e. The summed E-state index contributed by atoms with van der Waals surface area (Å²) in [6.45, 7) is 1.54. The lowest BCUT2D eigenvalue weighted by Gasteiger charge is -1.97. The maximum Gasteiger partial charge on any atom is 0.172 e. The number of hydrogen-bond acceptors (Lipinski definition) is 6. The fraction of sp³-hybridized carbons (Fsp3) is 0.0714. The van der Waals surface area contributed by atoms with Crippen molar-refractivity contribution in [3.05, 3.63) is 48.1 Å². The van der Waals surface area contributed by atoms with Gasteiger partial charge in [-0.3, -0.25) is 9.78 Å². The van der Waals surface area contributed by atoms with Crippen LogP contribution in [0.1, 0.15) is 16.6 Å². The smallest absolute Gasteiger partial charge is 0.172 e. The van der Waals surface area contributed by atoms with Gasteiger partial charge in [-0.2, -0.15) is 0 Å². The first-order valence-corrected chi connectivity index (χ1v) is 6.75. The van der Waals surface area contributed by atoms with Crippen molar-refractivity contribution in [1.82, 2.24) is 19.9 Å². The topological polar surface area (TPSA) is 68.6 Å². The highest BCUT2D eigenvalue weighted by atomic mass is 32.1. The molecule has 0 aliphatic rings. The Hall–Kier alpha value is -2.47. The van der Waals surface area contributed by atoms with Gasteiger partial charge in [-0.25, -0.2) is 15.0 Å². The van der Waals surface area contributed by atoms with Gasteiger partial charge >= 0.3 is 0 Å². The third-order valence-electron chi connectivity index (χ3n) is 2.71. The molecule has 3 heterocycles. The number of Topliss-reactive ketones (excluding diaryl/α,β-unsaturated/α-hetero) is 1. The first kappa shape index (κ1) is 12.6. The number of rotatable bonds is 3. The zero-order valence-electron chi connectivity index (χ0n) is 10.6. The maximum absolute atomic E-state index is 11.8. The van der Waals surface area contributed by atoms with Crippen LogP contribution in [-0.2, 0) is 0 Å². The summed E-state index contributed by atoms with van der Waals surface area (Å²) in [4.78, 5) is 28.9. The molecule has 20 heavy (non-hydrogen) atoms. The average Bonchev–Trinajstić information content (AvgIpc) is 2.94. The predicted octanol–water partition coefficient (Wildman–Crippen LogP) is 2.86. The number of carbonyl (C=O) groups excluding carboxylic acids is 1. The third kappa shape index (κ3) is 2.33. The van der Waals surface area contributed by atoms with E-state index in [1.807, 2.05) is 12.1 Å². The Morgan fingerprint density at radius 1 is 1.05 bits per heavy atom. The number of carbonyl (C=O) groups is 1. The molecule has 0 radical (unpaired) electrons. The Labute approximate surface area is 119 Å². The minimum absolute atomic E-state index is 0.0124. The molecule has 0 N–H and O–H groups in total. The fourth-order valence-corrected chi connectivity index (χ4v) is 2.78. The molecule has 0 aliphatic heterocycles. The van der Waals surface area contributed by atoms with Gasteiger partial charge in [0.2, 0.25) is 0 Å². The molecule has 0 saturated carbocycles. The highest BCUT2D eigenvalue weighted by molar-refractivity contribution is 7.17. The van der Waals surface area contributed by atoms with Crippen molar-refractivity contribution < 1.29 is 4.79 Å². The van der Waals surface area contributed by atoms with Crippen LogP contribution in [0.25, 0.3) is 21.8 Å². The van der Waals surface area contributed by atoms with Crippen LogP contribution in [0, 0.1) is 0 Å². The summed E-state index contributed by atoms with van der Waals surface area (Å²) in [6, 6.07) is 3.74. The minimum Gasteiger partial charge on any atom is -0.294 e. The van der Waals surface area contributed by atoms with Crippen molar-refractivity contribution in [2.24, 2.45) is 0 Å². The standard InChI is InChI=1S/C14H10N4OS/c1-9(19)13-12(11-6-16-8-17-7-11)18-14(20-13)10-2-4-15-5-3-10/h2-8H,1H3. The second-order valence-electron chi connectivity index (χ2n) is 4.12. The lowest BCUT2D eigenvalue weighted by Crippen LogP contribution is -1.92. The van der Waals surface area contributed by atoms with E-state index >= 15 is 0 Å². The third-order valence-corrected chi connectivity index (χ3v) is 3.91. The quantitative estimate of drug-likeness (QED) is 0.691. The number of hydrogen-bond donors (Lipinski definition) is 0. The Balaban J connectivity index is 2.15. The van der Waals surface area contributed by atoms with Crippen LogP contribution in [-0.4, -0.2) is 25.7 Å². The number of pyridine rings is 1. The molecule has 0 bridgehead atoms. The molecule has 0 saturated heterocycles. The molecule has 5 nitrogen and oxygen atoms in total. The van der Waals surface area contributed by atoms with E-state index in [0.29, 0.717) is 10.6 Å². The monoisotopic (exact) mass is 282 g/mol. The van der Waals surface area contributed by atoms with Gasteiger partial charge in [-0.15, -0.1) is 11.3 Å². The molecule has 0 aromatic carbocycles. The van der Waals surface area contributed by atoms with E-state index in [4.69, 9.17) is 0 Å². The fourth-order valence-electron chi connectivity index (χ4n) is 1.79. The predicted molar refractivity (Wildman–Crippen MR) is 76.4 cm³/mol. The van der Waals surface area contributed by atoms with E-state index < -0.39 is 0 Å². The highest BCUT2D eigenvalue weighted by Gasteiger charge is 2.17. The van der Waals surface area contributed by atoms with Crippen LogP contribution >= 0.6 is 11.3 Å². The zero-order valence-corrected chi connectivity index (χ0v) is 11.5. The molecule has 98 valence electrons. The van der Waals surface area contributed by atoms with Crippen molar-refractivity contribution in [3.63, 3.8) is 0 Å². The van der Waals surface area contributed by atoms with Crippen molar-refractivity contribution in [2.45, 2.75) is 6.92 Å². The van der Waals surface area contributed by atoms with Gasteiger partial charge < -0.3 is 0 Å². The second-order valence-corrected chi connectivity index (χ2v) is 5.12. The molecular formula is C14H10N4OS. The zero-order chi connectivity index (χ0) is 13.9. The normalized spacial score (nSPS) is 10.4. The molecule has 6 heteroatoms. The van der Waals surface area contributed by atoms with E-state index in [1.165, 1.54) is 24.6 Å². The van der Waals surface area contributed by atoms with Crippen LogP contribution < -0.4 is 0 Å². The van der Waals surface area contributed by atoms with Gasteiger partial charge in [0, 0.05) is 42.8 Å². The Morgan fingerprint density at radius 2 is 1.75 bits per heavy atom. The summed E-state index contributed by atoms with van der Waals surface area (Å²) in [5, 5.41) is 0.788. The van der Waals surface area contributed by atoms with Crippen LogP contribution in [0.3, 0.4) is 0 Å². The first-order valence-electron chi connectivity index (χ1n) is 5.93. The van der Waals surface area contributed by atoms with Gasteiger partial charge in [-0.1, -0.05) is 0 Å². The van der Waals surface area contributed by atoms with Gasteiger partial charge in [-0.05, 0) is 12.1 Å². The Bertz CT molecular complexity index is 740. The number of thiazole rings is 1. The lowest BCUT2D eigenvalue weighted by molar-refractivity contribution is 0.102. The van der Waals surface area contributed by atoms with Crippen LogP contribution in [0.5, 0.6) is 0 Å². The average molecular weight is 282 g/mol. The molecule has 3 aromatic rings. The summed E-state index contributed by atoms with van der Waals surface area (Å²) >= 11 is 1.37. The van der Waals surface area contributed by atoms with Crippen molar-refractivity contribution in [1.29, 1.82) is 0 Å². The summed E-state index contributed by atoms with van der Waals surface area (Å²) < 4.78 is 0. The highest BCUT2D eigenvalue weighted by Crippen LogP contribution is 2.33. The summed E-state index contributed by atoms with van der Waals surface area (Å²) in [6.07, 6.45) is 8.17. The molecule has 3 rings (SSSR count). The van der Waals surface area contributed by atoms with E-state index in [2.05, 4.69) is 19.9 Å². The van der Waals surface area contributed by atoms with Crippen molar-refractivity contribution in [3.8, 4) is 21.8 Å². The number of nitrogens with zero attached hydrogens (tertiary/aromatic N) is 4. The molecule has 0 spiro atoms. The number of aromatic nitrogens is 4. The van der Waals surface area contributed by atoms with E-state index in [9.17, 15) is 4.79 Å². The molecule has 0 amide bonds. The Kier molecular flexibility index (Phi) is 3.30. The van der Waals surface area contributed by atoms with E-state index in [-0.39, 0.29) is 5.78 Å². The molecule has 0 atom stereocenters. The van der Waals surface area contributed by atoms with Gasteiger partial charge in [0.15, 0.2) is 5.78 Å². The van der Waals surface area contributed by atoms with Crippen LogP contribution in [0.15, 0.2) is 43.2 Å².